The van der Waals surface area contributed by atoms with Gasteiger partial charge in [0.1, 0.15) is 6.61 Å². The number of rotatable bonds is 7. The summed E-state index contributed by atoms with van der Waals surface area (Å²) in [4.78, 5) is 12.4. The number of carbonyl (C=O) groups excluding carboxylic acids is 1. The SMILES string of the molecule is COc1cc(/C=C2/C(=O)OC[C@H]2[C@H](O)c2ccc(OC(C)C)c(O)c2)cc(OC)c1O. The Morgan fingerprint density at radius 1 is 1.06 bits per heavy atom. The molecule has 0 amide bonds. The minimum atomic E-state index is -1.10. The number of aliphatic hydroxyl groups is 1. The van der Waals surface area contributed by atoms with Gasteiger partial charge < -0.3 is 34.3 Å². The molecule has 2 atom stereocenters. The van der Waals surface area contributed by atoms with Crippen LogP contribution in [0, 0.1) is 5.92 Å². The van der Waals surface area contributed by atoms with Crippen molar-refractivity contribution >= 4 is 12.0 Å². The molecule has 166 valence electrons. The Labute approximate surface area is 180 Å². The van der Waals surface area contributed by atoms with Crippen LogP contribution >= 0.6 is 0 Å². The second-order valence-electron chi connectivity index (χ2n) is 7.42. The zero-order valence-electron chi connectivity index (χ0n) is 17.8. The summed E-state index contributed by atoms with van der Waals surface area (Å²) >= 11 is 0. The highest BCUT2D eigenvalue weighted by atomic mass is 16.5. The number of phenols is 2. The van der Waals surface area contributed by atoms with Crippen molar-refractivity contribution in [2.24, 2.45) is 5.92 Å². The maximum Gasteiger partial charge on any atom is 0.334 e. The van der Waals surface area contributed by atoms with Crippen molar-refractivity contribution in [3.05, 3.63) is 47.0 Å². The fourth-order valence-electron chi connectivity index (χ4n) is 3.40. The third-order valence-corrected chi connectivity index (χ3v) is 4.92. The molecule has 0 radical (unpaired) electrons. The number of phenolic OH excluding ortho intramolecular Hbond substituents is 2. The lowest BCUT2D eigenvalue weighted by molar-refractivity contribution is -0.135. The predicted octanol–water partition coefficient (Wildman–Crippen LogP) is 3.19. The zero-order valence-corrected chi connectivity index (χ0v) is 17.8. The Balaban J connectivity index is 1.94. The number of cyclic esters (lactones) is 1. The average Bonchev–Trinajstić information content (AvgIpc) is 3.09. The van der Waals surface area contributed by atoms with E-state index in [0.29, 0.717) is 16.9 Å². The number of benzene rings is 2. The molecule has 1 aliphatic rings. The van der Waals surface area contributed by atoms with Crippen molar-refractivity contribution in [1.82, 2.24) is 0 Å². The fourth-order valence-corrected chi connectivity index (χ4v) is 3.40. The standard InChI is InChI=1S/C23H26O8/c1-12(2)31-18-6-5-14(10-17(18)24)21(25)16-11-30-23(27)15(16)7-13-8-19(28-3)22(26)20(9-13)29-4/h5-10,12,16,21,24-26H,11H2,1-4H3/b15-7+/t16-,21-/m1/s1. The second-order valence-corrected chi connectivity index (χ2v) is 7.42. The minimum Gasteiger partial charge on any atom is -0.504 e. The lowest BCUT2D eigenvalue weighted by atomic mass is 9.89. The van der Waals surface area contributed by atoms with Crippen LogP contribution in [0.4, 0.5) is 0 Å². The van der Waals surface area contributed by atoms with Gasteiger partial charge in [0.05, 0.1) is 32.3 Å². The van der Waals surface area contributed by atoms with Gasteiger partial charge in [-0.15, -0.1) is 0 Å². The van der Waals surface area contributed by atoms with E-state index in [1.807, 2.05) is 13.8 Å². The van der Waals surface area contributed by atoms with E-state index < -0.39 is 18.0 Å². The van der Waals surface area contributed by atoms with Gasteiger partial charge in [-0.25, -0.2) is 4.79 Å². The lowest BCUT2D eigenvalue weighted by Crippen LogP contribution is -2.15. The largest absolute Gasteiger partial charge is 0.504 e. The number of esters is 1. The van der Waals surface area contributed by atoms with Gasteiger partial charge in [0, 0.05) is 5.57 Å². The molecular weight excluding hydrogens is 404 g/mol. The van der Waals surface area contributed by atoms with Gasteiger partial charge in [0.15, 0.2) is 23.0 Å². The van der Waals surface area contributed by atoms with E-state index >= 15 is 0 Å². The molecule has 0 unspecified atom stereocenters. The maximum atomic E-state index is 12.4. The Bertz CT molecular complexity index is 970. The van der Waals surface area contributed by atoms with Crippen LogP contribution < -0.4 is 14.2 Å². The Morgan fingerprint density at radius 2 is 1.71 bits per heavy atom. The van der Waals surface area contributed by atoms with Gasteiger partial charge in [0.25, 0.3) is 0 Å². The maximum absolute atomic E-state index is 12.4. The van der Waals surface area contributed by atoms with E-state index in [0.717, 1.165) is 0 Å². The number of aromatic hydroxyl groups is 2. The molecule has 8 heteroatoms. The molecule has 1 heterocycles. The summed E-state index contributed by atoms with van der Waals surface area (Å²) in [7, 11) is 2.81. The second kappa shape index (κ2) is 9.18. The molecule has 0 spiro atoms. The molecule has 31 heavy (non-hydrogen) atoms. The summed E-state index contributed by atoms with van der Waals surface area (Å²) in [6.45, 7) is 3.67. The smallest absolute Gasteiger partial charge is 0.334 e. The molecule has 1 aliphatic heterocycles. The molecular formula is C23H26O8. The lowest BCUT2D eigenvalue weighted by Gasteiger charge is -2.19. The molecule has 0 aliphatic carbocycles. The van der Waals surface area contributed by atoms with Gasteiger partial charge in [-0.1, -0.05) is 6.07 Å². The summed E-state index contributed by atoms with van der Waals surface area (Å²) in [5.41, 5.74) is 1.20. The van der Waals surface area contributed by atoms with Crippen molar-refractivity contribution in [2.45, 2.75) is 26.1 Å². The van der Waals surface area contributed by atoms with Crippen LogP contribution in [0.2, 0.25) is 0 Å². The first kappa shape index (κ1) is 22.3. The molecule has 8 nitrogen and oxygen atoms in total. The molecule has 0 bridgehead atoms. The summed E-state index contributed by atoms with van der Waals surface area (Å²) in [6.07, 6.45) is 0.345. The van der Waals surface area contributed by atoms with E-state index in [-0.39, 0.29) is 41.3 Å². The van der Waals surface area contributed by atoms with Gasteiger partial charge in [-0.3, -0.25) is 0 Å². The van der Waals surface area contributed by atoms with E-state index in [2.05, 4.69) is 0 Å². The zero-order chi connectivity index (χ0) is 22.7. The molecule has 1 saturated heterocycles. The topological polar surface area (TPSA) is 115 Å². The van der Waals surface area contributed by atoms with Crippen LogP contribution in [0.25, 0.3) is 6.08 Å². The first-order valence-corrected chi connectivity index (χ1v) is 9.76. The van der Waals surface area contributed by atoms with E-state index in [4.69, 9.17) is 18.9 Å². The molecule has 0 aromatic heterocycles. The van der Waals surface area contributed by atoms with Crippen molar-refractivity contribution in [3.63, 3.8) is 0 Å². The average molecular weight is 430 g/mol. The van der Waals surface area contributed by atoms with Crippen molar-refractivity contribution < 1.29 is 39.1 Å². The molecule has 3 rings (SSSR count). The van der Waals surface area contributed by atoms with Crippen LogP contribution in [-0.4, -0.2) is 48.2 Å². The van der Waals surface area contributed by atoms with Crippen molar-refractivity contribution in [2.75, 3.05) is 20.8 Å². The van der Waals surface area contributed by atoms with Gasteiger partial charge in [-0.05, 0) is 55.3 Å². The fraction of sp³-hybridized carbons (Fsp3) is 0.348. The van der Waals surface area contributed by atoms with Crippen LogP contribution in [0.3, 0.4) is 0 Å². The predicted molar refractivity (Wildman–Crippen MR) is 112 cm³/mol. The Kier molecular flexibility index (Phi) is 6.60. The summed E-state index contributed by atoms with van der Waals surface area (Å²) in [5.74, 6) is -0.802. The quantitative estimate of drug-likeness (QED) is 0.453. The third kappa shape index (κ3) is 4.69. The summed E-state index contributed by atoms with van der Waals surface area (Å²) in [5, 5.41) is 31.2. The van der Waals surface area contributed by atoms with Crippen LogP contribution in [0.1, 0.15) is 31.1 Å². The Morgan fingerprint density at radius 3 is 2.26 bits per heavy atom. The number of aliphatic hydroxyl groups excluding tert-OH is 1. The van der Waals surface area contributed by atoms with Crippen LogP contribution in [-0.2, 0) is 9.53 Å². The first-order chi connectivity index (χ1) is 14.7. The summed E-state index contributed by atoms with van der Waals surface area (Å²) in [6, 6.07) is 7.71. The first-order valence-electron chi connectivity index (χ1n) is 9.76. The number of hydrogen-bond acceptors (Lipinski definition) is 8. The molecule has 2 aromatic carbocycles. The molecule has 3 N–H and O–H groups in total. The summed E-state index contributed by atoms with van der Waals surface area (Å²) < 4.78 is 21.0. The van der Waals surface area contributed by atoms with Gasteiger partial charge >= 0.3 is 5.97 Å². The highest BCUT2D eigenvalue weighted by molar-refractivity contribution is 5.96. The third-order valence-electron chi connectivity index (χ3n) is 4.92. The molecule has 1 fully saturated rings. The number of methoxy groups -OCH3 is 2. The molecule has 2 aromatic rings. The normalized spacial score (nSPS) is 18.2. The van der Waals surface area contributed by atoms with Crippen molar-refractivity contribution in [3.8, 4) is 28.7 Å². The minimum absolute atomic E-state index is 0.0107. The number of hydrogen-bond donors (Lipinski definition) is 3. The highest BCUT2D eigenvalue weighted by Crippen LogP contribution is 2.40. The molecule has 0 saturated carbocycles. The monoisotopic (exact) mass is 430 g/mol. The van der Waals surface area contributed by atoms with Gasteiger partial charge in [-0.2, -0.15) is 0 Å². The van der Waals surface area contributed by atoms with Crippen molar-refractivity contribution in [1.29, 1.82) is 0 Å². The van der Waals surface area contributed by atoms with E-state index in [1.54, 1.807) is 30.3 Å². The number of carbonyl (C=O) groups is 1. The van der Waals surface area contributed by atoms with Crippen LogP contribution in [0.15, 0.2) is 35.9 Å². The van der Waals surface area contributed by atoms with E-state index in [1.165, 1.54) is 20.3 Å². The van der Waals surface area contributed by atoms with Crippen LogP contribution in [0.5, 0.6) is 28.7 Å². The Hall–Kier alpha value is -3.39. The number of ether oxygens (including phenoxy) is 4. The van der Waals surface area contributed by atoms with Gasteiger partial charge in [0.2, 0.25) is 5.75 Å². The van der Waals surface area contributed by atoms with E-state index in [9.17, 15) is 20.1 Å². The highest BCUT2D eigenvalue weighted by Gasteiger charge is 2.37.